The molecule has 4 nitrogen and oxygen atoms in total. The maximum absolute atomic E-state index is 11.7. The van der Waals surface area contributed by atoms with Gasteiger partial charge in [-0.25, -0.2) is 9.59 Å². The van der Waals surface area contributed by atoms with Crippen LogP contribution >= 0.6 is 0 Å². The lowest BCUT2D eigenvalue weighted by Crippen LogP contribution is -2.33. The van der Waals surface area contributed by atoms with E-state index in [1.54, 1.807) is 20.8 Å². The molecule has 0 saturated heterocycles. The number of unbranched alkanes of at least 4 members (excludes halogenated alkanes) is 4. The Morgan fingerprint density at radius 1 is 1.17 bits per heavy atom. The Balaban J connectivity index is 4.05. The Labute approximate surface area is 110 Å². The minimum Gasteiger partial charge on any atom is -0.457 e. The summed E-state index contributed by atoms with van der Waals surface area (Å²) in [6.07, 6.45) is 5.09. The van der Waals surface area contributed by atoms with Crippen LogP contribution in [-0.4, -0.2) is 24.1 Å². The average molecular weight is 257 g/mol. The Hall–Kier alpha value is -1.06. The van der Waals surface area contributed by atoms with Gasteiger partial charge < -0.3 is 9.47 Å². The van der Waals surface area contributed by atoms with Crippen LogP contribution in [0.2, 0.25) is 0 Å². The molecule has 0 aromatic heterocycles. The van der Waals surface area contributed by atoms with Crippen molar-refractivity contribution < 1.29 is 19.1 Å². The lowest BCUT2D eigenvalue weighted by Gasteiger charge is -2.22. The molecule has 0 aromatic carbocycles. The summed E-state index contributed by atoms with van der Waals surface area (Å²) in [5.74, 6) is -0.485. The van der Waals surface area contributed by atoms with Crippen molar-refractivity contribution in [2.24, 2.45) is 0 Å². The van der Waals surface area contributed by atoms with Crippen LogP contribution in [0, 0.1) is 0 Å². The molecule has 18 heavy (non-hydrogen) atoms. The second-order valence-corrected chi connectivity index (χ2v) is 5.43. The van der Waals surface area contributed by atoms with Gasteiger partial charge in [-0.05, 0) is 33.6 Å². The van der Waals surface area contributed by atoms with E-state index < -0.39 is 17.7 Å². The van der Waals surface area contributed by atoms with Crippen molar-refractivity contribution >= 4 is 12.4 Å². The van der Waals surface area contributed by atoms with E-state index in [2.05, 4.69) is 11.7 Å². The summed E-state index contributed by atoms with van der Waals surface area (Å²) in [6.45, 7) is 8.84. The van der Waals surface area contributed by atoms with E-state index in [1.807, 2.05) is 0 Å². The molecule has 0 aliphatic rings. The van der Waals surface area contributed by atoms with Gasteiger partial charge >= 0.3 is 12.4 Å². The van der Waals surface area contributed by atoms with E-state index in [1.165, 1.54) is 19.3 Å². The highest BCUT2D eigenvalue weighted by Gasteiger charge is 2.26. The average Bonchev–Trinajstić information content (AvgIpc) is 2.25. The third kappa shape index (κ3) is 9.02. The van der Waals surface area contributed by atoms with Crippen LogP contribution in [0.25, 0.3) is 0 Å². The standard InChI is InChI=1S/C14H25O4/c1-5-6-7-8-9-10-12(17-11-15)13(16)18-14(2,3)4/h12H,5-10H2,1-4H3. The number of hydrogen-bond acceptors (Lipinski definition) is 4. The number of hydrogen-bond donors (Lipinski definition) is 0. The monoisotopic (exact) mass is 257 g/mol. The maximum atomic E-state index is 11.7. The van der Waals surface area contributed by atoms with Gasteiger partial charge in [-0.15, -0.1) is 0 Å². The number of rotatable bonds is 9. The molecular weight excluding hydrogens is 232 g/mol. The van der Waals surface area contributed by atoms with Gasteiger partial charge in [-0.1, -0.05) is 32.6 Å². The summed E-state index contributed by atoms with van der Waals surface area (Å²) >= 11 is 0. The first-order valence-electron chi connectivity index (χ1n) is 6.66. The van der Waals surface area contributed by atoms with Crippen molar-refractivity contribution in [2.45, 2.75) is 77.9 Å². The molecule has 0 aromatic rings. The van der Waals surface area contributed by atoms with Crippen molar-refractivity contribution in [2.75, 3.05) is 0 Å². The number of carbonyl (C=O) groups is 1. The molecule has 0 heterocycles. The van der Waals surface area contributed by atoms with Gasteiger partial charge in [-0.2, -0.15) is 0 Å². The van der Waals surface area contributed by atoms with E-state index >= 15 is 0 Å². The van der Waals surface area contributed by atoms with E-state index in [0.717, 1.165) is 19.3 Å². The van der Waals surface area contributed by atoms with Gasteiger partial charge in [-0.3, -0.25) is 0 Å². The molecule has 0 aliphatic carbocycles. The lowest BCUT2D eigenvalue weighted by atomic mass is 10.1. The molecule has 0 rings (SSSR count). The van der Waals surface area contributed by atoms with Crippen molar-refractivity contribution in [3.8, 4) is 0 Å². The van der Waals surface area contributed by atoms with Gasteiger partial charge in [0.05, 0.1) is 0 Å². The fourth-order valence-electron chi connectivity index (χ4n) is 1.58. The minimum absolute atomic E-state index is 0.485. The Morgan fingerprint density at radius 3 is 2.28 bits per heavy atom. The molecule has 4 heteroatoms. The largest absolute Gasteiger partial charge is 0.457 e. The number of carbonyl (C=O) groups excluding carboxylic acids is 2. The highest BCUT2D eigenvalue weighted by Crippen LogP contribution is 2.14. The Bertz CT molecular complexity index is 243. The molecule has 0 aliphatic heterocycles. The van der Waals surface area contributed by atoms with Gasteiger partial charge in [0.1, 0.15) is 5.60 Å². The van der Waals surface area contributed by atoms with E-state index in [9.17, 15) is 9.59 Å². The van der Waals surface area contributed by atoms with Crippen molar-refractivity contribution in [1.82, 2.24) is 0 Å². The molecule has 1 unspecified atom stereocenters. The van der Waals surface area contributed by atoms with Gasteiger partial charge in [0.2, 0.25) is 0 Å². The van der Waals surface area contributed by atoms with Crippen LogP contribution in [0.3, 0.4) is 0 Å². The second kappa shape index (κ2) is 8.95. The van der Waals surface area contributed by atoms with Crippen LogP contribution in [-0.2, 0) is 19.1 Å². The summed E-state index contributed by atoms with van der Waals surface area (Å²) in [7, 11) is 0. The second-order valence-electron chi connectivity index (χ2n) is 5.43. The number of esters is 1. The van der Waals surface area contributed by atoms with Gasteiger partial charge in [0, 0.05) is 0 Å². The first-order valence-corrected chi connectivity index (χ1v) is 6.66. The number of ether oxygens (including phenoxy) is 2. The molecule has 0 amide bonds. The van der Waals surface area contributed by atoms with Crippen LogP contribution in [0.4, 0.5) is 0 Å². The predicted molar refractivity (Wildman–Crippen MR) is 69.8 cm³/mol. The Morgan fingerprint density at radius 2 is 1.78 bits per heavy atom. The first-order chi connectivity index (χ1) is 8.40. The molecule has 1 radical (unpaired) electrons. The molecule has 0 saturated carbocycles. The van der Waals surface area contributed by atoms with Crippen molar-refractivity contribution in [3.05, 3.63) is 0 Å². The third-order valence-electron chi connectivity index (χ3n) is 2.43. The lowest BCUT2D eigenvalue weighted by molar-refractivity contribution is -0.164. The highest BCUT2D eigenvalue weighted by molar-refractivity contribution is 5.76. The summed E-state index contributed by atoms with van der Waals surface area (Å²) in [5, 5.41) is 0. The zero-order chi connectivity index (χ0) is 14.0. The topological polar surface area (TPSA) is 52.6 Å². The fourth-order valence-corrected chi connectivity index (χ4v) is 1.58. The van der Waals surface area contributed by atoms with Crippen LogP contribution < -0.4 is 0 Å². The summed E-state index contributed by atoms with van der Waals surface area (Å²) in [6, 6.07) is 0. The zero-order valence-electron chi connectivity index (χ0n) is 12.0. The predicted octanol–water partition coefficient (Wildman–Crippen LogP) is 3.14. The summed E-state index contributed by atoms with van der Waals surface area (Å²) < 4.78 is 9.86. The minimum atomic E-state index is -0.816. The van der Waals surface area contributed by atoms with Gasteiger partial charge in [0.25, 0.3) is 0 Å². The highest BCUT2D eigenvalue weighted by atomic mass is 16.6. The van der Waals surface area contributed by atoms with E-state index in [0.29, 0.717) is 6.42 Å². The Kier molecular flexibility index (Phi) is 8.42. The smallest absolute Gasteiger partial charge is 0.418 e. The molecule has 0 N–H and O–H groups in total. The van der Waals surface area contributed by atoms with Crippen molar-refractivity contribution in [3.63, 3.8) is 0 Å². The van der Waals surface area contributed by atoms with Crippen LogP contribution in [0.5, 0.6) is 0 Å². The summed E-state index contributed by atoms with van der Waals surface area (Å²) in [4.78, 5) is 22.0. The molecule has 0 fully saturated rings. The molecular formula is C14H25O4. The molecule has 0 spiro atoms. The van der Waals surface area contributed by atoms with Crippen LogP contribution in [0.15, 0.2) is 0 Å². The zero-order valence-corrected chi connectivity index (χ0v) is 12.0. The maximum Gasteiger partial charge on any atom is 0.418 e. The fraction of sp³-hybridized carbons (Fsp3) is 0.857. The quantitative estimate of drug-likeness (QED) is 0.470. The van der Waals surface area contributed by atoms with Crippen LogP contribution in [0.1, 0.15) is 66.2 Å². The van der Waals surface area contributed by atoms with Gasteiger partial charge in [0.15, 0.2) is 6.10 Å². The molecule has 105 valence electrons. The van der Waals surface area contributed by atoms with Crippen molar-refractivity contribution in [1.29, 1.82) is 0 Å². The molecule has 0 bridgehead atoms. The molecule has 1 atom stereocenters. The van der Waals surface area contributed by atoms with E-state index in [4.69, 9.17) is 4.74 Å². The normalized spacial score (nSPS) is 12.9. The SMILES string of the molecule is CCCCCCCC(O[C]=O)C(=O)OC(C)(C)C. The summed E-state index contributed by atoms with van der Waals surface area (Å²) in [5.41, 5.74) is -0.566. The third-order valence-corrected chi connectivity index (χ3v) is 2.43. The van der Waals surface area contributed by atoms with E-state index in [-0.39, 0.29) is 0 Å². The first kappa shape index (κ1) is 16.9.